The monoisotopic (exact) mass is 392 g/mol. The molecule has 0 unspecified atom stereocenters. The summed E-state index contributed by atoms with van der Waals surface area (Å²) in [6, 6.07) is 23.4. The second kappa shape index (κ2) is 7.22. The number of hydrogen-bond donors (Lipinski definition) is 1. The standard InChI is InChI=1S/C24H16N4O2/c25-11-12-28-15-17(19-7-3-4-8-21(19)28)14-26-27-24(29)23-13-20-18-6-2-1-5-16(18)9-10-22(20)30-23/h1-10,13-15H,12H2,(H,27,29)/b26-14-. The lowest BCUT2D eigenvalue weighted by Gasteiger charge is -1.96. The van der Waals surface area contributed by atoms with Gasteiger partial charge in [0.05, 0.1) is 12.3 Å². The fourth-order valence-corrected chi connectivity index (χ4v) is 3.70. The zero-order chi connectivity index (χ0) is 20.5. The van der Waals surface area contributed by atoms with E-state index >= 15 is 0 Å². The van der Waals surface area contributed by atoms with E-state index in [4.69, 9.17) is 9.68 Å². The van der Waals surface area contributed by atoms with Crippen LogP contribution in [-0.4, -0.2) is 16.7 Å². The number of nitriles is 1. The first-order chi connectivity index (χ1) is 14.7. The van der Waals surface area contributed by atoms with Crippen LogP contribution < -0.4 is 5.43 Å². The molecule has 30 heavy (non-hydrogen) atoms. The molecule has 0 atom stereocenters. The maximum atomic E-state index is 12.5. The Morgan fingerprint density at radius 1 is 1.07 bits per heavy atom. The summed E-state index contributed by atoms with van der Waals surface area (Å²) in [4.78, 5) is 12.5. The number of aromatic nitrogens is 1. The normalized spacial score (nSPS) is 11.4. The number of benzene rings is 3. The molecule has 0 bridgehead atoms. The van der Waals surface area contributed by atoms with Crippen LogP contribution in [0.1, 0.15) is 16.1 Å². The Morgan fingerprint density at radius 3 is 2.73 bits per heavy atom. The van der Waals surface area contributed by atoms with Crippen LogP contribution in [0.3, 0.4) is 0 Å². The van der Waals surface area contributed by atoms with Crippen molar-refractivity contribution in [1.29, 1.82) is 5.26 Å². The zero-order valence-electron chi connectivity index (χ0n) is 15.9. The Morgan fingerprint density at radius 2 is 1.87 bits per heavy atom. The van der Waals surface area contributed by atoms with Crippen LogP contribution in [0.5, 0.6) is 0 Å². The van der Waals surface area contributed by atoms with Crippen LogP contribution in [0, 0.1) is 11.3 Å². The maximum absolute atomic E-state index is 12.5. The van der Waals surface area contributed by atoms with E-state index in [0.29, 0.717) is 5.58 Å². The molecule has 0 fully saturated rings. The summed E-state index contributed by atoms with van der Waals surface area (Å²) in [7, 11) is 0. The van der Waals surface area contributed by atoms with E-state index in [0.717, 1.165) is 32.6 Å². The van der Waals surface area contributed by atoms with Gasteiger partial charge in [0.25, 0.3) is 0 Å². The topological polar surface area (TPSA) is 83.3 Å². The summed E-state index contributed by atoms with van der Waals surface area (Å²) in [5.41, 5.74) is 4.94. The average Bonchev–Trinajstić information content (AvgIpc) is 3.37. The molecule has 2 aromatic heterocycles. The van der Waals surface area contributed by atoms with Crippen molar-refractivity contribution >= 4 is 44.8 Å². The van der Waals surface area contributed by atoms with Crippen molar-refractivity contribution in [3.63, 3.8) is 0 Å². The van der Waals surface area contributed by atoms with Crippen molar-refractivity contribution in [2.24, 2.45) is 5.10 Å². The Balaban J connectivity index is 1.41. The van der Waals surface area contributed by atoms with Gasteiger partial charge in [0.1, 0.15) is 12.1 Å². The molecule has 1 N–H and O–H groups in total. The smallest absolute Gasteiger partial charge is 0.307 e. The molecule has 0 spiro atoms. The van der Waals surface area contributed by atoms with Crippen molar-refractivity contribution in [2.45, 2.75) is 6.54 Å². The van der Waals surface area contributed by atoms with Crippen LogP contribution in [0.15, 0.2) is 82.4 Å². The van der Waals surface area contributed by atoms with Crippen LogP contribution in [0.2, 0.25) is 0 Å². The zero-order valence-corrected chi connectivity index (χ0v) is 15.9. The van der Waals surface area contributed by atoms with Crippen molar-refractivity contribution in [2.75, 3.05) is 0 Å². The fraction of sp³-hybridized carbons (Fsp3) is 0.0417. The summed E-state index contributed by atoms with van der Waals surface area (Å²) < 4.78 is 7.57. The highest BCUT2D eigenvalue weighted by molar-refractivity contribution is 6.08. The summed E-state index contributed by atoms with van der Waals surface area (Å²) in [6.07, 6.45) is 3.42. The third-order valence-electron chi connectivity index (χ3n) is 5.08. The Kier molecular flexibility index (Phi) is 4.26. The second-order valence-electron chi connectivity index (χ2n) is 6.90. The minimum atomic E-state index is -0.424. The molecular formula is C24H16N4O2. The van der Waals surface area contributed by atoms with Gasteiger partial charge in [-0.15, -0.1) is 0 Å². The summed E-state index contributed by atoms with van der Waals surface area (Å²) in [5.74, 6) is -0.224. The van der Waals surface area contributed by atoms with Gasteiger partial charge >= 0.3 is 5.91 Å². The molecule has 0 aliphatic heterocycles. The summed E-state index contributed by atoms with van der Waals surface area (Å²) >= 11 is 0. The van der Waals surface area contributed by atoms with E-state index in [9.17, 15) is 4.79 Å². The lowest BCUT2D eigenvalue weighted by molar-refractivity contribution is 0.0929. The van der Waals surface area contributed by atoms with E-state index in [2.05, 4.69) is 16.6 Å². The molecule has 2 heterocycles. The lowest BCUT2D eigenvalue weighted by atomic mass is 10.1. The second-order valence-corrected chi connectivity index (χ2v) is 6.90. The number of carbonyl (C=O) groups is 1. The molecule has 5 aromatic rings. The van der Waals surface area contributed by atoms with Crippen LogP contribution in [-0.2, 0) is 6.54 Å². The van der Waals surface area contributed by atoms with Crippen molar-refractivity contribution in [3.05, 3.63) is 84.3 Å². The molecular weight excluding hydrogens is 376 g/mol. The third-order valence-corrected chi connectivity index (χ3v) is 5.08. The van der Waals surface area contributed by atoms with Gasteiger partial charge in [-0.25, -0.2) is 5.43 Å². The molecule has 1 amide bonds. The number of fused-ring (bicyclic) bond motifs is 4. The van der Waals surface area contributed by atoms with Crippen molar-refractivity contribution in [3.8, 4) is 6.07 Å². The predicted octanol–water partition coefficient (Wildman–Crippen LogP) is 4.83. The van der Waals surface area contributed by atoms with Gasteiger partial charge in [0, 0.05) is 28.0 Å². The van der Waals surface area contributed by atoms with E-state index in [1.165, 1.54) is 0 Å². The van der Waals surface area contributed by atoms with Gasteiger partial charge < -0.3 is 8.98 Å². The molecule has 6 heteroatoms. The molecule has 0 aliphatic carbocycles. The highest BCUT2D eigenvalue weighted by atomic mass is 16.3. The lowest BCUT2D eigenvalue weighted by Crippen LogP contribution is -2.16. The predicted molar refractivity (Wildman–Crippen MR) is 116 cm³/mol. The van der Waals surface area contributed by atoms with E-state index in [1.54, 1.807) is 12.3 Å². The van der Waals surface area contributed by atoms with Gasteiger partial charge in [0.15, 0.2) is 5.76 Å². The number of rotatable bonds is 4. The van der Waals surface area contributed by atoms with Crippen LogP contribution in [0.25, 0.3) is 32.6 Å². The molecule has 0 radical (unpaired) electrons. The average molecular weight is 392 g/mol. The number of amides is 1. The molecule has 5 rings (SSSR count). The fourth-order valence-electron chi connectivity index (χ4n) is 3.70. The van der Waals surface area contributed by atoms with Crippen molar-refractivity contribution in [1.82, 2.24) is 9.99 Å². The Labute approximate surface area is 171 Å². The number of nitrogens with zero attached hydrogens (tertiary/aromatic N) is 3. The summed E-state index contributed by atoms with van der Waals surface area (Å²) in [5, 5.41) is 17.1. The van der Waals surface area contributed by atoms with Crippen LogP contribution >= 0.6 is 0 Å². The summed E-state index contributed by atoms with van der Waals surface area (Å²) in [6.45, 7) is 0.244. The van der Waals surface area contributed by atoms with Gasteiger partial charge in [-0.2, -0.15) is 10.4 Å². The van der Waals surface area contributed by atoms with Gasteiger partial charge in [-0.1, -0.05) is 48.5 Å². The number of nitrogens with one attached hydrogen (secondary N) is 1. The number of furan rings is 1. The Hall–Kier alpha value is -4.37. The highest BCUT2D eigenvalue weighted by Gasteiger charge is 2.13. The van der Waals surface area contributed by atoms with Crippen molar-refractivity contribution < 1.29 is 9.21 Å². The highest BCUT2D eigenvalue weighted by Crippen LogP contribution is 2.28. The number of carbonyl (C=O) groups excluding carboxylic acids is 1. The first-order valence-electron chi connectivity index (χ1n) is 9.44. The SMILES string of the molecule is N#CCn1cc(/C=N\NC(=O)c2cc3c(ccc4ccccc43)o2)c2ccccc21. The first-order valence-corrected chi connectivity index (χ1v) is 9.44. The minimum Gasteiger partial charge on any atom is -0.451 e. The first kappa shape index (κ1) is 17.7. The molecule has 144 valence electrons. The van der Waals surface area contributed by atoms with Gasteiger partial charge in [-0.05, 0) is 29.0 Å². The molecule has 0 aliphatic rings. The van der Waals surface area contributed by atoms with Gasteiger partial charge in [0.2, 0.25) is 0 Å². The Bertz CT molecular complexity index is 1480. The molecule has 0 saturated carbocycles. The van der Waals surface area contributed by atoms with E-state index in [1.807, 2.05) is 71.4 Å². The van der Waals surface area contributed by atoms with Gasteiger partial charge in [-0.3, -0.25) is 4.79 Å². The van der Waals surface area contributed by atoms with E-state index in [-0.39, 0.29) is 12.3 Å². The number of para-hydroxylation sites is 1. The molecule has 0 saturated heterocycles. The number of hydrogen-bond acceptors (Lipinski definition) is 4. The van der Waals surface area contributed by atoms with Crippen LogP contribution in [0.4, 0.5) is 0 Å². The molecule has 3 aromatic carbocycles. The largest absolute Gasteiger partial charge is 0.451 e. The third kappa shape index (κ3) is 2.99. The van der Waals surface area contributed by atoms with E-state index < -0.39 is 5.91 Å². The minimum absolute atomic E-state index is 0.199. The quantitative estimate of drug-likeness (QED) is 0.351. The number of hydrazone groups is 1. The molecule has 6 nitrogen and oxygen atoms in total. The maximum Gasteiger partial charge on any atom is 0.307 e.